The Morgan fingerprint density at radius 1 is 1.00 bits per heavy atom. The molecule has 3 aromatic rings. The van der Waals surface area contributed by atoms with Gasteiger partial charge in [0, 0.05) is 24.6 Å². The lowest BCUT2D eigenvalue weighted by Crippen LogP contribution is -2.25. The fourth-order valence-corrected chi connectivity index (χ4v) is 3.16. The van der Waals surface area contributed by atoms with Crippen molar-refractivity contribution >= 4 is 29.3 Å². The third-order valence-corrected chi connectivity index (χ3v) is 4.93. The number of carbonyl (C=O) groups excluding carboxylic acids is 2. The second-order valence-corrected chi connectivity index (χ2v) is 7.29. The Bertz CT molecular complexity index is 907. The number of aromatic nitrogens is 2. The predicted octanol–water partition coefficient (Wildman–Crippen LogP) is 3.17. The van der Waals surface area contributed by atoms with Crippen LogP contribution in [-0.4, -0.2) is 33.1 Å². The van der Waals surface area contributed by atoms with Crippen molar-refractivity contribution in [1.29, 1.82) is 0 Å². The third-order valence-electron chi connectivity index (χ3n) is 4.00. The van der Waals surface area contributed by atoms with Gasteiger partial charge in [0.2, 0.25) is 11.8 Å². The van der Waals surface area contributed by atoms with Crippen molar-refractivity contribution in [2.24, 2.45) is 0 Å². The average Bonchev–Trinajstić information content (AvgIpc) is 3.23. The zero-order chi connectivity index (χ0) is 19.8. The summed E-state index contributed by atoms with van der Waals surface area (Å²) in [5, 5.41) is 9.87. The monoisotopic (exact) mass is 394 g/mol. The van der Waals surface area contributed by atoms with Gasteiger partial charge in [0.15, 0.2) is 0 Å². The summed E-state index contributed by atoms with van der Waals surface area (Å²) >= 11 is 1.29. The van der Waals surface area contributed by atoms with Gasteiger partial charge >= 0.3 is 0 Å². The summed E-state index contributed by atoms with van der Waals surface area (Å²) in [4.78, 5) is 23.9. The van der Waals surface area contributed by atoms with Gasteiger partial charge in [-0.25, -0.2) is 4.68 Å². The van der Waals surface area contributed by atoms with Crippen LogP contribution in [0.15, 0.2) is 67.0 Å². The first kappa shape index (κ1) is 19.7. The topological polar surface area (TPSA) is 76.0 Å². The molecule has 7 heteroatoms. The van der Waals surface area contributed by atoms with E-state index < -0.39 is 0 Å². The summed E-state index contributed by atoms with van der Waals surface area (Å²) in [5.74, 6) is 0.271. The molecule has 2 aromatic carbocycles. The van der Waals surface area contributed by atoms with Crippen LogP contribution in [0.2, 0.25) is 0 Å². The van der Waals surface area contributed by atoms with Gasteiger partial charge in [-0.1, -0.05) is 29.8 Å². The molecule has 1 aromatic heterocycles. The SMILES string of the molecule is Cc1ccc(NC(=O)CSCC(=O)NCc2ccc(-n3cccn3)cc2)cc1. The zero-order valence-electron chi connectivity index (χ0n) is 15.6. The molecule has 0 aliphatic carbocycles. The molecule has 0 aliphatic rings. The van der Waals surface area contributed by atoms with E-state index in [-0.39, 0.29) is 23.3 Å². The fraction of sp³-hybridized carbons (Fsp3) is 0.190. The van der Waals surface area contributed by atoms with Gasteiger partial charge in [0.05, 0.1) is 17.2 Å². The molecule has 0 saturated carbocycles. The molecule has 0 unspecified atom stereocenters. The van der Waals surface area contributed by atoms with Crippen molar-refractivity contribution in [2.45, 2.75) is 13.5 Å². The molecule has 0 saturated heterocycles. The number of carbonyl (C=O) groups is 2. The molecule has 1 heterocycles. The summed E-state index contributed by atoms with van der Waals surface area (Å²) in [6, 6.07) is 17.3. The van der Waals surface area contributed by atoms with E-state index in [0.29, 0.717) is 6.54 Å². The lowest BCUT2D eigenvalue weighted by atomic mass is 10.2. The number of benzene rings is 2. The Labute approximate surface area is 168 Å². The number of nitrogens with zero attached hydrogens (tertiary/aromatic N) is 2. The van der Waals surface area contributed by atoms with Crippen molar-refractivity contribution < 1.29 is 9.59 Å². The molecule has 2 N–H and O–H groups in total. The average molecular weight is 395 g/mol. The van der Waals surface area contributed by atoms with Crippen LogP contribution >= 0.6 is 11.8 Å². The highest BCUT2D eigenvalue weighted by Crippen LogP contribution is 2.10. The Morgan fingerprint density at radius 2 is 1.71 bits per heavy atom. The number of aryl methyl sites for hydroxylation is 1. The van der Waals surface area contributed by atoms with Crippen molar-refractivity contribution in [3.8, 4) is 5.69 Å². The second-order valence-electron chi connectivity index (χ2n) is 6.30. The van der Waals surface area contributed by atoms with Gasteiger partial charge in [0.25, 0.3) is 0 Å². The molecule has 3 rings (SSSR count). The highest BCUT2D eigenvalue weighted by molar-refractivity contribution is 8.00. The molecule has 0 radical (unpaired) electrons. The summed E-state index contributed by atoms with van der Waals surface area (Å²) in [5.41, 5.74) is 3.88. The van der Waals surface area contributed by atoms with E-state index in [2.05, 4.69) is 15.7 Å². The number of hydrogen-bond acceptors (Lipinski definition) is 4. The first-order valence-electron chi connectivity index (χ1n) is 8.90. The molecular weight excluding hydrogens is 372 g/mol. The fourth-order valence-electron chi connectivity index (χ4n) is 2.51. The minimum atomic E-state index is -0.115. The molecule has 144 valence electrons. The lowest BCUT2D eigenvalue weighted by Gasteiger charge is -2.07. The summed E-state index contributed by atoms with van der Waals surface area (Å²) < 4.78 is 1.78. The van der Waals surface area contributed by atoms with Crippen LogP contribution in [0.25, 0.3) is 5.69 Å². The van der Waals surface area contributed by atoms with Crippen LogP contribution in [0.5, 0.6) is 0 Å². The van der Waals surface area contributed by atoms with Crippen LogP contribution in [0.3, 0.4) is 0 Å². The maximum atomic E-state index is 12.0. The Balaban J connectivity index is 1.35. The van der Waals surface area contributed by atoms with Crippen molar-refractivity contribution in [3.05, 3.63) is 78.1 Å². The smallest absolute Gasteiger partial charge is 0.234 e. The number of hydrogen-bond donors (Lipinski definition) is 2. The third kappa shape index (κ3) is 5.99. The molecule has 0 spiro atoms. The minimum absolute atomic E-state index is 0.0933. The molecule has 0 aliphatic heterocycles. The van der Waals surface area contributed by atoms with Crippen LogP contribution in [0.4, 0.5) is 5.69 Å². The first-order valence-corrected chi connectivity index (χ1v) is 10.1. The van der Waals surface area contributed by atoms with Crippen molar-refractivity contribution in [2.75, 3.05) is 16.8 Å². The summed E-state index contributed by atoms with van der Waals surface area (Å²) in [7, 11) is 0. The maximum absolute atomic E-state index is 12.0. The first-order chi connectivity index (χ1) is 13.6. The molecule has 6 nitrogen and oxygen atoms in total. The molecular formula is C21H22N4O2S. The molecule has 28 heavy (non-hydrogen) atoms. The van der Waals surface area contributed by atoms with Crippen LogP contribution in [0.1, 0.15) is 11.1 Å². The normalized spacial score (nSPS) is 10.5. The summed E-state index contributed by atoms with van der Waals surface area (Å²) in [6.07, 6.45) is 3.61. The van der Waals surface area contributed by atoms with Gasteiger partial charge in [0.1, 0.15) is 0 Å². The van der Waals surface area contributed by atoms with E-state index in [1.807, 2.05) is 67.7 Å². The zero-order valence-corrected chi connectivity index (χ0v) is 16.4. The van der Waals surface area contributed by atoms with Crippen molar-refractivity contribution in [3.63, 3.8) is 0 Å². The van der Waals surface area contributed by atoms with E-state index >= 15 is 0 Å². The largest absolute Gasteiger partial charge is 0.351 e. The lowest BCUT2D eigenvalue weighted by molar-refractivity contribution is -0.118. The number of anilines is 1. The van der Waals surface area contributed by atoms with Crippen LogP contribution in [-0.2, 0) is 16.1 Å². The number of thioether (sulfide) groups is 1. The Hall–Kier alpha value is -3.06. The quantitative estimate of drug-likeness (QED) is 0.615. The van der Waals surface area contributed by atoms with Gasteiger partial charge in [-0.15, -0.1) is 11.8 Å². The number of rotatable bonds is 8. The summed E-state index contributed by atoms with van der Waals surface area (Å²) in [6.45, 7) is 2.45. The maximum Gasteiger partial charge on any atom is 0.234 e. The van der Waals surface area contributed by atoms with Gasteiger partial charge in [-0.05, 0) is 42.8 Å². The van der Waals surface area contributed by atoms with E-state index in [1.165, 1.54) is 11.8 Å². The minimum Gasteiger partial charge on any atom is -0.351 e. The molecule has 0 fully saturated rings. The molecule has 0 bridgehead atoms. The van der Waals surface area contributed by atoms with Gasteiger partial charge < -0.3 is 10.6 Å². The molecule has 0 atom stereocenters. The number of amides is 2. The predicted molar refractivity (Wildman–Crippen MR) is 113 cm³/mol. The standard InChI is InChI=1S/C21H22N4O2S/c1-16-3-7-18(8-4-16)24-21(27)15-28-14-20(26)22-13-17-5-9-19(10-6-17)25-12-2-11-23-25/h2-12H,13-15H2,1H3,(H,22,26)(H,24,27). The highest BCUT2D eigenvalue weighted by Gasteiger charge is 2.06. The van der Waals surface area contributed by atoms with Gasteiger partial charge in [-0.3, -0.25) is 9.59 Å². The van der Waals surface area contributed by atoms with Crippen LogP contribution < -0.4 is 10.6 Å². The van der Waals surface area contributed by atoms with Crippen molar-refractivity contribution in [1.82, 2.24) is 15.1 Å². The Morgan fingerprint density at radius 3 is 2.39 bits per heavy atom. The van der Waals surface area contributed by atoms with E-state index in [4.69, 9.17) is 0 Å². The number of nitrogens with one attached hydrogen (secondary N) is 2. The second kappa shape index (κ2) is 9.75. The van der Waals surface area contributed by atoms with Crippen LogP contribution in [0, 0.1) is 6.92 Å². The Kier molecular flexibility index (Phi) is 6.86. The molecule has 2 amide bonds. The van der Waals surface area contributed by atoms with E-state index in [0.717, 1.165) is 22.5 Å². The van der Waals surface area contributed by atoms with E-state index in [9.17, 15) is 9.59 Å². The van der Waals surface area contributed by atoms with E-state index in [1.54, 1.807) is 10.9 Å². The van der Waals surface area contributed by atoms with Gasteiger partial charge in [-0.2, -0.15) is 5.10 Å². The highest BCUT2D eigenvalue weighted by atomic mass is 32.2.